The Morgan fingerprint density at radius 3 is 2.28 bits per heavy atom. The monoisotopic (exact) mass is 524 g/mol. The molecule has 0 N–H and O–H groups in total. The fourth-order valence-corrected chi connectivity index (χ4v) is 10.4. The van der Waals surface area contributed by atoms with E-state index < -0.39 is 8.07 Å². The number of nitrogens with zero attached hydrogens (tertiary/aromatic N) is 1. The SMILES string of the molecule is Cc1ccc2c(oc3c(-c4ccc5c(c4)C(C)(C)c4ccccc4[Si]5(C)C)cccc32)c1-c1cccc[n+]1C. The summed E-state index contributed by atoms with van der Waals surface area (Å²) in [7, 11) is 0.290. The summed E-state index contributed by atoms with van der Waals surface area (Å²) >= 11 is 0. The van der Waals surface area contributed by atoms with Crippen molar-refractivity contribution >= 4 is 40.4 Å². The first-order valence-electron chi connectivity index (χ1n) is 13.8. The minimum absolute atomic E-state index is 0.0570. The van der Waals surface area contributed by atoms with Gasteiger partial charge in [-0.05, 0) is 35.2 Å². The van der Waals surface area contributed by atoms with Gasteiger partial charge in [-0.3, -0.25) is 0 Å². The molecule has 0 spiro atoms. The van der Waals surface area contributed by atoms with Crippen LogP contribution in [0.15, 0.2) is 102 Å². The highest BCUT2D eigenvalue weighted by atomic mass is 28.3. The number of hydrogen-bond donors (Lipinski definition) is 0. The van der Waals surface area contributed by atoms with Crippen LogP contribution in [0.1, 0.15) is 30.5 Å². The molecular weight excluding hydrogens is 490 g/mol. The third kappa shape index (κ3) is 3.36. The van der Waals surface area contributed by atoms with Crippen molar-refractivity contribution in [3.63, 3.8) is 0 Å². The summed E-state index contributed by atoms with van der Waals surface area (Å²) in [4.78, 5) is 0. The molecule has 0 radical (unpaired) electrons. The van der Waals surface area contributed by atoms with Crippen LogP contribution >= 0.6 is 0 Å². The van der Waals surface area contributed by atoms with Crippen LogP contribution in [-0.4, -0.2) is 8.07 Å². The zero-order valence-electron chi connectivity index (χ0n) is 23.6. The maximum atomic E-state index is 6.85. The maximum Gasteiger partial charge on any atom is 0.216 e. The Morgan fingerprint density at radius 1 is 0.718 bits per heavy atom. The van der Waals surface area contributed by atoms with Crippen molar-refractivity contribution in [1.29, 1.82) is 0 Å². The van der Waals surface area contributed by atoms with Crippen LogP contribution < -0.4 is 14.9 Å². The van der Waals surface area contributed by atoms with Crippen molar-refractivity contribution < 1.29 is 8.98 Å². The molecule has 2 aromatic heterocycles. The third-order valence-corrected chi connectivity index (χ3v) is 12.7. The van der Waals surface area contributed by atoms with E-state index in [0.717, 1.165) is 33.4 Å². The Hall–Kier alpha value is -3.95. The molecule has 0 unspecified atom stereocenters. The first-order valence-corrected chi connectivity index (χ1v) is 16.8. The number of fused-ring (bicyclic) bond motifs is 5. The molecule has 3 heteroatoms. The number of benzene rings is 4. The van der Waals surface area contributed by atoms with E-state index in [1.165, 1.54) is 27.6 Å². The van der Waals surface area contributed by atoms with Crippen molar-refractivity contribution in [1.82, 2.24) is 0 Å². The van der Waals surface area contributed by atoms with Gasteiger partial charge in [0.05, 0.1) is 5.56 Å². The number of furan rings is 1. The zero-order chi connectivity index (χ0) is 27.1. The predicted octanol–water partition coefficient (Wildman–Crippen LogP) is 7.51. The largest absolute Gasteiger partial charge is 0.454 e. The van der Waals surface area contributed by atoms with Crippen LogP contribution in [0, 0.1) is 6.92 Å². The molecule has 0 saturated heterocycles. The lowest BCUT2D eigenvalue weighted by Crippen LogP contribution is -2.61. The Bertz CT molecular complexity index is 1940. The first kappa shape index (κ1) is 24.1. The van der Waals surface area contributed by atoms with Crippen LogP contribution in [0.3, 0.4) is 0 Å². The van der Waals surface area contributed by atoms with E-state index in [9.17, 15) is 0 Å². The minimum atomic E-state index is -1.81. The number of para-hydroxylation sites is 1. The van der Waals surface area contributed by atoms with Gasteiger partial charge in [0.15, 0.2) is 6.20 Å². The first-order chi connectivity index (χ1) is 18.7. The molecule has 7 rings (SSSR count). The van der Waals surface area contributed by atoms with Gasteiger partial charge in [0.2, 0.25) is 5.69 Å². The molecule has 4 aromatic carbocycles. The van der Waals surface area contributed by atoms with Crippen LogP contribution in [0.5, 0.6) is 0 Å². The standard InChI is InChI=1S/C36H34NOSi/c1-23-17-19-27-26-13-11-12-25(34(26)38-35(27)33(23)30-15-9-10-21-37(30)4)24-18-20-32-29(22-24)36(2,3)28-14-7-8-16-31(28)39(32,5)6/h7-22H,1-6H3/q+1. The quantitative estimate of drug-likeness (QED) is 0.169. The van der Waals surface area contributed by atoms with E-state index in [1.807, 2.05) is 0 Å². The zero-order valence-corrected chi connectivity index (χ0v) is 24.6. The van der Waals surface area contributed by atoms with Gasteiger partial charge < -0.3 is 4.42 Å². The summed E-state index contributed by atoms with van der Waals surface area (Å²) in [6.07, 6.45) is 2.10. The average molecular weight is 525 g/mol. The highest BCUT2D eigenvalue weighted by molar-refractivity contribution is 7.01. The summed E-state index contributed by atoms with van der Waals surface area (Å²) in [6, 6.07) is 33.6. The fraction of sp³-hybridized carbons (Fsp3) is 0.194. The van der Waals surface area contributed by atoms with Gasteiger partial charge in [-0.15, -0.1) is 0 Å². The minimum Gasteiger partial charge on any atom is -0.454 e. The van der Waals surface area contributed by atoms with Crippen molar-refractivity contribution in [2.75, 3.05) is 0 Å². The van der Waals surface area contributed by atoms with Gasteiger partial charge in [-0.25, -0.2) is 4.57 Å². The molecule has 0 amide bonds. The lowest BCUT2D eigenvalue weighted by atomic mass is 9.76. The van der Waals surface area contributed by atoms with E-state index in [-0.39, 0.29) is 5.41 Å². The molecule has 0 saturated carbocycles. The molecule has 0 aliphatic carbocycles. The van der Waals surface area contributed by atoms with Gasteiger partial charge in [0.1, 0.15) is 26.3 Å². The Kier molecular flexibility index (Phi) is 5.11. The van der Waals surface area contributed by atoms with Crippen molar-refractivity contribution in [3.05, 3.63) is 114 Å². The van der Waals surface area contributed by atoms with Gasteiger partial charge in [-0.1, -0.05) is 110 Å². The van der Waals surface area contributed by atoms with Gasteiger partial charge in [0.25, 0.3) is 0 Å². The maximum absolute atomic E-state index is 6.85. The van der Waals surface area contributed by atoms with Crippen LogP contribution in [-0.2, 0) is 12.5 Å². The molecule has 0 atom stereocenters. The van der Waals surface area contributed by atoms with Crippen molar-refractivity contribution in [2.24, 2.45) is 7.05 Å². The van der Waals surface area contributed by atoms with Gasteiger partial charge >= 0.3 is 0 Å². The Morgan fingerprint density at radius 2 is 1.46 bits per heavy atom. The van der Waals surface area contributed by atoms with Crippen LogP contribution in [0.4, 0.5) is 0 Å². The van der Waals surface area contributed by atoms with Crippen LogP contribution in [0.2, 0.25) is 13.1 Å². The summed E-state index contributed by atoms with van der Waals surface area (Å²) in [5, 5.41) is 5.43. The Labute approximate surface area is 231 Å². The van der Waals surface area contributed by atoms with Crippen LogP contribution in [0.25, 0.3) is 44.3 Å². The molecule has 0 fully saturated rings. The molecular formula is C36H34NOSi+. The number of aryl methyl sites for hydroxylation is 2. The number of aromatic nitrogens is 1. The summed E-state index contributed by atoms with van der Waals surface area (Å²) in [5.41, 5.74) is 10.7. The number of pyridine rings is 1. The lowest BCUT2D eigenvalue weighted by Gasteiger charge is -2.43. The molecule has 192 valence electrons. The molecule has 0 bridgehead atoms. The van der Waals surface area contributed by atoms with Crippen molar-refractivity contribution in [2.45, 2.75) is 39.3 Å². The Balaban J connectivity index is 1.48. The lowest BCUT2D eigenvalue weighted by molar-refractivity contribution is -0.660. The van der Waals surface area contributed by atoms with E-state index in [2.05, 4.69) is 143 Å². The van der Waals surface area contributed by atoms with E-state index in [4.69, 9.17) is 4.42 Å². The molecule has 39 heavy (non-hydrogen) atoms. The third-order valence-electron chi connectivity index (χ3n) is 9.14. The van der Waals surface area contributed by atoms with Gasteiger partial charge in [-0.2, -0.15) is 0 Å². The second-order valence-electron chi connectivity index (χ2n) is 12.2. The van der Waals surface area contributed by atoms with Gasteiger partial charge in [0, 0.05) is 33.9 Å². The summed E-state index contributed by atoms with van der Waals surface area (Å²) in [6.45, 7) is 11.9. The smallest absolute Gasteiger partial charge is 0.216 e. The van der Waals surface area contributed by atoms with Crippen molar-refractivity contribution in [3.8, 4) is 22.4 Å². The molecule has 3 heterocycles. The fourth-order valence-electron chi connectivity index (χ4n) is 6.93. The molecule has 1 aliphatic heterocycles. The predicted molar refractivity (Wildman–Crippen MR) is 166 cm³/mol. The number of hydrogen-bond acceptors (Lipinski definition) is 1. The average Bonchev–Trinajstić information content (AvgIpc) is 3.31. The summed E-state index contributed by atoms with van der Waals surface area (Å²) < 4.78 is 9.02. The van der Waals surface area contributed by atoms with E-state index >= 15 is 0 Å². The molecule has 1 aliphatic rings. The topological polar surface area (TPSA) is 17.0 Å². The van der Waals surface area contributed by atoms with E-state index in [0.29, 0.717) is 0 Å². The second-order valence-corrected chi connectivity index (χ2v) is 16.5. The highest BCUT2D eigenvalue weighted by Crippen LogP contribution is 2.42. The molecule has 6 aromatic rings. The summed E-state index contributed by atoms with van der Waals surface area (Å²) in [5.74, 6) is 0. The normalized spacial score (nSPS) is 15.3. The highest BCUT2D eigenvalue weighted by Gasteiger charge is 2.42. The number of rotatable bonds is 2. The van der Waals surface area contributed by atoms with E-state index in [1.54, 1.807) is 10.4 Å². The molecule has 2 nitrogen and oxygen atoms in total. The second kappa shape index (κ2) is 8.27.